The predicted molar refractivity (Wildman–Crippen MR) is 106 cm³/mol. The molecule has 1 aromatic heterocycles. The number of hydrogen-bond donors (Lipinski definition) is 0. The third-order valence-corrected chi connectivity index (χ3v) is 5.68. The number of aryl methyl sites for hydroxylation is 1. The molecule has 1 aromatic carbocycles. The van der Waals surface area contributed by atoms with Crippen molar-refractivity contribution in [2.75, 3.05) is 53.2 Å². The fourth-order valence-corrected chi connectivity index (χ4v) is 3.88. The Morgan fingerprint density at radius 1 is 1.17 bits per heavy atom. The van der Waals surface area contributed by atoms with Crippen LogP contribution in [-0.2, 0) is 27.2 Å². The molecule has 0 amide bonds. The van der Waals surface area contributed by atoms with E-state index in [0.29, 0.717) is 24.4 Å². The van der Waals surface area contributed by atoms with Gasteiger partial charge in [0.1, 0.15) is 18.1 Å². The van der Waals surface area contributed by atoms with Crippen molar-refractivity contribution < 1.29 is 23.4 Å². The van der Waals surface area contributed by atoms with Crippen LogP contribution in [0.5, 0.6) is 5.75 Å². The fraction of sp³-hybridized carbons (Fsp3) is 0.524. The van der Waals surface area contributed by atoms with E-state index >= 15 is 0 Å². The van der Waals surface area contributed by atoms with Crippen LogP contribution in [0.1, 0.15) is 16.7 Å². The third kappa shape index (κ3) is 4.14. The second kappa shape index (κ2) is 8.52. The summed E-state index contributed by atoms with van der Waals surface area (Å²) in [5, 5.41) is 0.820. The monoisotopic (exact) mass is 402 g/mol. The summed E-state index contributed by atoms with van der Waals surface area (Å²) in [7, 11) is 1.31. The summed E-state index contributed by atoms with van der Waals surface area (Å²) in [6.07, 6.45) is -0.0974. The molecule has 0 aliphatic carbocycles. The number of methoxy groups -OCH3 is 1. The Balaban J connectivity index is 1.59. The van der Waals surface area contributed by atoms with E-state index in [1.165, 1.54) is 7.11 Å². The van der Waals surface area contributed by atoms with Gasteiger partial charge in [-0.1, -0.05) is 0 Å². The maximum atomic E-state index is 12.6. The Hall–Kier alpha value is -2.42. The minimum Gasteiger partial charge on any atom is -0.478 e. The van der Waals surface area contributed by atoms with E-state index in [0.717, 1.165) is 61.7 Å². The molecule has 4 rings (SSSR count). The van der Waals surface area contributed by atoms with E-state index in [2.05, 4.69) is 9.80 Å². The molecule has 0 atom stereocenters. The average molecular weight is 402 g/mol. The lowest BCUT2D eigenvalue weighted by Crippen LogP contribution is -2.43. The summed E-state index contributed by atoms with van der Waals surface area (Å²) in [5.74, 6) is 0.277. The van der Waals surface area contributed by atoms with Gasteiger partial charge in [0.2, 0.25) is 0 Å². The van der Waals surface area contributed by atoms with Gasteiger partial charge in [0.05, 0.1) is 37.9 Å². The summed E-state index contributed by atoms with van der Waals surface area (Å²) < 4.78 is 21.7. The first-order valence-electron chi connectivity index (χ1n) is 9.87. The van der Waals surface area contributed by atoms with Crippen LogP contribution in [0.25, 0.3) is 11.0 Å². The second-order valence-electron chi connectivity index (χ2n) is 7.44. The van der Waals surface area contributed by atoms with E-state index in [1.54, 1.807) is 0 Å². The number of carbonyl (C=O) groups excluding carboxylic acids is 1. The van der Waals surface area contributed by atoms with Crippen LogP contribution in [0.2, 0.25) is 0 Å². The number of esters is 1. The minimum absolute atomic E-state index is 0.0974. The molecule has 1 fully saturated rings. The van der Waals surface area contributed by atoms with Crippen LogP contribution in [0.3, 0.4) is 0 Å². The Morgan fingerprint density at radius 2 is 1.93 bits per heavy atom. The quantitative estimate of drug-likeness (QED) is 0.547. The number of nitrogens with zero attached hydrogens (tertiary/aromatic N) is 2. The highest BCUT2D eigenvalue weighted by Crippen LogP contribution is 2.33. The molecule has 29 heavy (non-hydrogen) atoms. The summed E-state index contributed by atoms with van der Waals surface area (Å²) in [5.41, 5.74) is 1.99. The molecule has 2 aromatic rings. The van der Waals surface area contributed by atoms with Gasteiger partial charge in [0.25, 0.3) is 0 Å². The number of hydrogen-bond acceptors (Lipinski definition) is 8. The first-order valence-corrected chi connectivity index (χ1v) is 9.87. The number of rotatable bonds is 5. The Labute approximate surface area is 168 Å². The van der Waals surface area contributed by atoms with Crippen molar-refractivity contribution in [3.8, 4) is 5.75 Å². The molecule has 1 saturated heterocycles. The normalized spacial score (nSPS) is 17.7. The van der Waals surface area contributed by atoms with E-state index in [9.17, 15) is 9.59 Å². The van der Waals surface area contributed by atoms with Gasteiger partial charge >= 0.3 is 11.6 Å². The summed E-state index contributed by atoms with van der Waals surface area (Å²) >= 11 is 0. The van der Waals surface area contributed by atoms with Crippen LogP contribution in [0, 0.1) is 6.92 Å². The highest BCUT2D eigenvalue weighted by molar-refractivity contribution is 5.87. The first kappa shape index (κ1) is 19.9. The van der Waals surface area contributed by atoms with E-state index in [4.69, 9.17) is 18.6 Å². The van der Waals surface area contributed by atoms with Gasteiger partial charge in [-0.3, -0.25) is 14.6 Å². The molecule has 0 spiro atoms. The van der Waals surface area contributed by atoms with Gasteiger partial charge in [-0.05, 0) is 24.6 Å². The third-order valence-electron chi connectivity index (χ3n) is 5.68. The molecule has 8 heteroatoms. The lowest BCUT2D eigenvalue weighted by molar-refractivity contribution is -0.139. The van der Waals surface area contributed by atoms with Gasteiger partial charge in [0.15, 0.2) is 0 Å². The molecule has 0 N–H and O–H groups in total. The van der Waals surface area contributed by atoms with Crippen LogP contribution >= 0.6 is 0 Å². The van der Waals surface area contributed by atoms with Gasteiger partial charge in [-0.25, -0.2) is 4.79 Å². The van der Waals surface area contributed by atoms with Crippen LogP contribution < -0.4 is 10.4 Å². The van der Waals surface area contributed by atoms with Crippen molar-refractivity contribution in [2.45, 2.75) is 19.9 Å². The molecule has 3 heterocycles. The lowest BCUT2D eigenvalue weighted by Gasteiger charge is -2.32. The average Bonchev–Trinajstić information content (AvgIpc) is 2.75. The zero-order valence-electron chi connectivity index (χ0n) is 16.9. The van der Waals surface area contributed by atoms with Crippen molar-refractivity contribution in [3.05, 3.63) is 39.2 Å². The second-order valence-corrected chi connectivity index (χ2v) is 7.44. The van der Waals surface area contributed by atoms with E-state index in [1.807, 2.05) is 19.1 Å². The molecule has 2 aliphatic heterocycles. The molecule has 0 bridgehead atoms. The predicted octanol–water partition coefficient (Wildman–Crippen LogP) is 1.30. The largest absolute Gasteiger partial charge is 0.478 e. The molecule has 0 saturated carbocycles. The van der Waals surface area contributed by atoms with Crippen LogP contribution in [0.4, 0.5) is 0 Å². The minimum atomic E-state index is -0.501. The first-order chi connectivity index (χ1) is 14.1. The topological polar surface area (TPSA) is 81.5 Å². The summed E-state index contributed by atoms with van der Waals surface area (Å²) in [6, 6.07) is 3.79. The van der Waals surface area contributed by atoms with Crippen molar-refractivity contribution in [1.82, 2.24) is 9.80 Å². The SMILES string of the molecule is COC(=O)Cc1c(C)c2ccc3c(c2oc1=O)CN(CCN1CCOCC1)CO3. The van der Waals surface area contributed by atoms with Crippen molar-refractivity contribution in [1.29, 1.82) is 0 Å². The Morgan fingerprint density at radius 3 is 2.69 bits per heavy atom. The van der Waals surface area contributed by atoms with Crippen LogP contribution in [-0.4, -0.2) is 69.0 Å². The summed E-state index contributed by atoms with van der Waals surface area (Å²) in [4.78, 5) is 28.8. The zero-order valence-corrected chi connectivity index (χ0v) is 16.9. The number of fused-ring (bicyclic) bond motifs is 3. The lowest BCUT2D eigenvalue weighted by atomic mass is 10.0. The number of morpholine rings is 1. The summed E-state index contributed by atoms with van der Waals surface area (Å²) in [6.45, 7) is 8.26. The number of carbonyl (C=O) groups is 1. The van der Waals surface area contributed by atoms with E-state index < -0.39 is 11.6 Å². The standard InChI is InChI=1S/C21H26N2O6/c1-14-15-3-4-18-17(20(15)29-21(25)16(14)11-19(24)26-2)12-23(13-28-18)6-5-22-7-9-27-10-8-22/h3-4H,5-13H2,1-2H3. The number of ether oxygens (including phenoxy) is 3. The van der Waals surface area contributed by atoms with Gasteiger partial charge < -0.3 is 18.6 Å². The maximum Gasteiger partial charge on any atom is 0.340 e. The molecular formula is C21H26N2O6. The highest BCUT2D eigenvalue weighted by Gasteiger charge is 2.24. The molecule has 156 valence electrons. The molecule has 2 aliphatic rings. The van der Waals surface area contributed by atoms with Crippen LogP contribution in [0.15, 0.2) is 21.3 Å². The maximum absolute atomic E-state index is 12.6. The van der Waals surface area contributed by atoms with Gasteiger partial charge in [-0.2, -0.15) is 0 Å². The van der Waals surface area contributed by atoms with Crippen molar-refractivity contribution in [3.63, 3.8) is 0 Å². The van der Waals surface area contributed by atoms with E-state index in [-0.39, 0.29) is 6.42 Å². The van der Waals surface area contributed by atoms with Crippen molar-refractivity contribution >= 4 is 16.9 Å². The Bertz CT molecular complexity index is 964. The molecular weight excluding hydrogens is 376 g/mol. The van der Waals surface area contributed by atoms with Gasteiger partial charge in [0, 0.05) is 38.1 Å². The molecule has 0 unspecified atom stereocenters. The van der Waals surface area contributed by atoms with Gasteiger partial charge in [-0.15, -0.1) is 0 Å². The highest BCUT2D eigenvalue weighted by atomic mass is 16.5. The molecule has 8 nitrogen and oxygen atoms in total. The Kier molecular flexibility index (Phi) is 5.84. The fourth-order valence-electron chi connectivity index (χ4n) is 3.88. The number of benzene rings is 1. The zero-order chi connectivity index (χ0) is 20.4. The smallest absolute Gasteiger partial charge is 0.340 e. The molecule has 0 radical (unpaired) electrons. The van der Waals surface area contributed by atoms with Crippen molar-refractivity contribution in [2.24, 2.45) is 0 Å².